The minimum Gasteiger partial charge on any atom is -0.244 e. The predicted molar refractivity (Wildman–Crippen MR) is 76.9 cm³/mol. The monoisotopic (exact) mass is 327 g/mol. The van der Waals surface area contributed by atoms with E-state index in [2.05, 4.69) is 4.98 Å². The molecule has 104 valence electrons. The predicted octanol–water partition coefficient (Wildman–Crippen LogP) is 2.49. The van der Waals surface area contributed by atoms with Gasteiger partial charge in [-0.05, 0) is 24.3 Å². The zero-order valence-electron chi connectivity index (χ0n) is 10.4. The molecule has 0 spiro atoms. The maximum Gasteiger partial charge on any atom is 0.246 e. The van der Waals surface area contributed by atoms with E-state index in [-0.39, 0.29) is 17.1 Å². The third-order valence-electron chi connectivity index (χ3n) is 2.57. The highest BCUT2D eigenvalue weighted by molar-refractivity contribution is 7.89. The van der Waals surface area contributed by atoms with Gasteiger partial charge in [-0.1, -0.05) is 11.6 Å². The Balaban J connectivity index is 2.32. The van der Waals surface area contributed by atoms with Gasteiger partial charge >= 0.3 is 0 Å². The number of sulfonamides is 1. The van der Waals surface area contributed by atoms with Crippen LogP contribution < -0.4 is 0 Å². The van der Waals surface area contributed by atoms with Gasteiger partial charge in [0, 0.05) is 24.7 Å². The second kappa shape index (κ2) is 5.89. The molecule has 0 N–H and O–H groups in total. The summed E-state index contributed by atoms with van der Waals surface area (Å²) in [7, 11) is -2.30. The summed E-state index contributed by atoms with van der Waals surface area (Å²) >= 11 is 7.14. The average molecular weight is 328 g/mol. The van der Waals surface area contributed by atoms with Crippen molar-refractivity contribution in [1.82, 2.24) is 9.29 Å². The molecule has 5 nitrogen and oxygen atoms in total. The van der Waals surface area contributed by atoms with E-state index >= 15 is 0 Å². The highest BCUT2D eigenvalue weighted by Gasteiger charge is 2.25. The van der Waals surface area contributed by atoms with Crippen LogP contribution in [0.1, 0.15) is 10.6 Å². The van der Waals surface area contributed by atoms with E-state index < -0.39 is 10.0 Å². The number of hydrogen-bond donors (Lipinski definition) is 0. The summed E-state index contributed by atoms with van der Waals surface area (Å²) in [4.78, 5) is 4.50. The number of nitrogens with zero attached hydrogens (tertiary/aromatic N) is 3. The second-order valence-electron chi connectivity index (χ2n) is 3.93. The van der Waals surface area contributed by atoms with Crippen LogP contribution in [0.5, 0.6) is 0 Å². The van der Waals surface area contributed by atoms with E-state index in [4.69, 9.17) is 16.9 Å². The van der Waals surface area contributed by atoms with Crippen molar-refractivity contribution in [2.24, 2.45) is 0 Å². The van der Waals surface area contributed by atoms with Crippen LogP contribution in [0.4, 0.5) is 0 Å². The lowest BCUT2D eigenvalue weighted by Gasteiger charge is -2.16. The second-order valence-corrected chi connectivity index (χ2v) is 7.74. The van der Waals surface area contributed by atoms with Gasteiger partial charge in [-0.15, -0.1) is 11.3 Å². The fourth-order valence-electron chi connectivity index (χ4n) is 1.59. The number of nitriles is 1. The summed E-state index contributed by atoms with van der Waals surface area (Å²) in [6, 6.07) is 8.14. The fraction of sp³-hybridized carbons (Fsp3) is 0.167. The lowest BCUT2D eigenvalue weighted by Crippen LogP contribution is -2.27. The minimum atomic E-state index is -3.76. The zero-order chi connectivity index (χ0) is 14.8. The summed E-state index contributed by atoms with van der Waals surface area (Å²) in [5.74, 6) is 0. The number of thiophene rings is 1. The molecule has 0 saturated carbocycles. The van der Waals surface area contributed by atoms with Crippen molar-refractivity contribution < 1.29 is 8.42 Å². The molecule has 0 bridgehead atoms. The number of halogens is 1. The van der Waals surface area contributed by atoms with Crippen LogP contribution in [-0.2, 0) is 16.6 Å². The molecular formula is C12H10ClN3O2S2. The van der Waals surface area contributed by atoms with Crippen LogP contribution in [0, 0.1) is 11.3 Å². The van der Waals surface area contributed by atoms with Gasteiger partial charge in [0.2, 0.25) is 10.0 Å². The number of hydrogen-bond acceptors (Lipinski definition) is 5. The molecular weight excluding hydrogens is 318 g/mol. The Kier molecular flexibility index (Phi) is 4.40. The van der Waals surface area contributed by atoms with Gasteiger partial charge in [0.25, 0.3) is 0 Å². The van der Waals surface area contributed by atoms with Gasteiger partial charge in [0.15, 0.2) is 5.69 Å². The maximum atomic E-state index is 12.4. The van der Waals surface area contributed by atoms with Crippen molar-refractivity contribution in [3.63, 3.8) is 0 Å². The molecule has 0 saturated heterocycles. The van der Waals surface area contributed by atoms with Crippen molar-refractivity contribution in [3.8, 4) is 6.07 Å². The largest absolute Gasteiger partial charge is 0.246 e. The Labute approximate surface area is 126 Å². The molecule has 0 aromatic carbocycles. The first kappa shape index (κ1) is 14.9. The van der Waals surface area contributed by atoms with E-state index in [9.17, 15) is 8.42 Å². The molecule has 0 fully saturated rings. The Morgan fingerprint density at radius 3 is 2.80 bits per heavy atom. The van der Waals surface area contributed by atoms with E-state index in [0.29, 0.717) is 4.34 Å². The Hall–Kier alpha value is -1.46. The van der Waals surface area contributed by atoms with Gasteiger partial charge in [0.1, 0.15) is 11.0 Å². The molecule has 0 amide bonds. The topological polar surface area (TPSA) is 74.1 Å². The molecule has 0 aliphatic heterocycles. The number of rotatable bonds is 4. The van der Waals surface area contributed by atoms with Crippen LogP contribution in [0.15, 0.2) is 35.4 Å². The van der Waals surface area contributed by atoms with E-state index in [1.807, 2.05) is 0 Å². The van der Waals surface area contributed by atoms with Crippen LogP contribution in [0.2, 0.25) is 4.34 Å². The van der Waals surface area contributed by atoms with Gasteiger partial charge in [0.05, 0.1) is 4.34 Å². The Morgan fingerprint density at radius 1 is 1.45 bits per heavy atom. The molecule has 0 aliphatic carbocycles. The summed E-state index contributed by atoms with van der Waals surface area (Å²) in [5.41, 5.74) is -0.108. The molecule has 0 radical (unpaired) electrons. The standard InChI is InChI=1S/C12H10ClN3O2S2/c1-16(8-9-4-5-12(13)19-9)20(17,18)11-3-2-6-15-10(11)7-14/h2-6H,8H2,1H3. The van der Waals surface area contributed by atoms with Crippen LogP contribution in [0.25, 0.3) is 0 Å². The smallest absolute Gasteiger partial charge is 0.244 e. The normalized spacial score (nSPS) is 11.5. The summed E-state index contributed by atoms with van der Waals surface area (Å²) < 4.78 is 26.6. The number of aromatic nitrogens is 1. The van der Waals surface area contributed by atoms with Crippen LogP contribution >= 0.6 is 22.9 Å². The summed E-state index contributed by atoms with van der Waals surface area (Å²) in [5, 5.41) is 8.95. The van der Waals surface area contributed by atoms with Gasteiger partial charge in [-0.25, -0.2) is 13.4 Å². The van der Waals surface area contributed by atoms with E-state index in [0.717, 1.165) is 4.88 Å². The molecule has 0 unspecified atom stereocenters. The first-order valence-electron chi connectivity index (χ1n) is 5.51. The van der Waals surface area contributed by atoms with E-state index in [1.54, 1.807) is 18.2 Å². The maximum absolute atomic E-state index is 12.4. The van der Waals surface area contributed by atoms with Crippen LogP contribution in [0.3, 0.4) is 0 Å². The van der Waals surface area contributed by atoms with Crippen molar-refractivity contribution in [3.05, 3.63) is 45.4 Å². The van der Waals surface area contributed by atoms with Crippen molar-refractivity contribution >= 4 is 33.0 Å². The quantitative estimate of drug-likeness (QED) is 0.864. The Bertz CT molecular complexity index is 765. The zero-order valence-corrected chi connectivity index (χ0v) is 12.8. The number of pyridine rings is 1. The summed E-state index contributed by atoms with van der Waals surface area (Å²) in [6.45, 7) is 0.194. The molecule has 20 heavy (non-hydrogen) atoms. The fourth-order valence-corrected chi connectivity index (χ4v) is 4.05. The molecule has 8 heteroatoms. The molecule has 2 aromatic rings. The molecule has 2 aromatic heterocycles. The molecule has 0 atom stereocenters. The van der Waals surface area contributed by atoms with E-state index in [1.165, 1.54) is 41.0 Å². The SMILES string of the molecule is CN(Cc1ccc(Cl)s1)S(=O)(=O)c1cccnc1C#N. The molecule has 2 rings (SSSR count). The van der Waals surface area contributed by atoms with Crippen molar-refractivity contribution in [1.29, 1.82) is 5.26 Å². The van der Waals surface area contributed by atoms with Crippen molar-refractivity contribution in [2.75, 3.05) is 7.05 Å². The Morgan fingerprint density at radius 2 is 2.20 bits per heavy atom. The van der Waals surface area contributed by atoms with Gasteiger partial charge in [-0.2, -0.15) is 9.57 Å². The molecule has 2 heterocycles. The lowest BCUT2D eigenvalue weighted by atomic mass is 10.4. The van der Waals surface area contributed by atoms with Crippen LogP contribution in [-0.4, -0.2) is 24.8 Å². The van der Waals surface area contributed by atoms with Gasteiger partial charge < -0.3 is 0 Å². The summed E-state index contributed by atoms with van der Waals surface area (Å²) in [6.07, 6.45) is 1.39. The van der Waals surface area contributed by atoms with Crippen molar-refractivity contribution in [2.45, 2.75) is 11.4 Å². The minimum absolute atomic E-state index is 0.0901. The first-order chi connectivity index (χ1) is 9.45. The lowest BCUT2D eigenvalue weighted by molar-refractivity contribution is 0.469. The third kappa shape index (κ3) is 2.99. The average Bonchev–Trinajstić information content (AvgIpc) is 2.84. The first-order valence-corrected chi connectivity index (χ1v) is 8.14. The molecule has 0 aliphatic rings. The third-order valence-corrected chi connectivity index (χ3v) is 5.62. The van der Waals surface area contributed by atoms with Gasteiger partial charge in [-0.3, -0.25) is 0 Å². The highest BCUT2D eigenvalue weighted by Crippen LogP contribution is 2.25. The highest BCUT2D eigenvalue weighted by atomic mass is 35.5.